The fraction of sp³-hybridized carbons (Fsp3) is 0.471. The Morgan fingerprint density at radius 1 is 0.966 bits per heavy atom. The molecule has 0 atom stereocenters. The van der Waals surface area contributed by atoms with E-state index in [1.165, 1.54) is 0 Å². The number of hydrogen-bond acceptors (Lipinski definition) is 8. The molecule has 12 heteroatoms. The highest BCUT2D eigenvalue weighted by Crippen LogP contribution is 2.28. The van der Waals surface area contributed by atoms with Gasteiger partial charge in [-0.25, -0.2) is 4.68 Å². The largest absolute Gasteiger partial charge is 0.470 e. The molecule has 0 amide bonds. The van der Waals surface area contributed by atoms with Gasteiger partial charge in [-0.15, -0.1) is 20.4 Å². The van der Waals surface area contributed by atoms with Crippen LogP contribution in [0.1, 0.15) is 23.2 Å². The van der Waals surface area contributed by atoms with E-state index in [0.29, 0.717) is 32.0 Å². The molecule has 29 heavy (non-hydrogen) atoms. The van der Waals surface area contributed by atoms with Crippen LogP contribution in [0.2, 0.25) is 0 Å². The Hall–Kier alpha value is -3.02. The lowest BCUT2D eigenvalue weighted by Gasteiger charge is -2.34. The van der Waals surface area contributed by atoms with Gasteiger partial charge in [-0.2, -0.15) is 18.3 Å². The maximum Gasteiger partial charge on any atom is 0.470 e. The fourth-order valence-electron chi connectivity index (χ4n) is 3.22. The first-order valence-electron chi connectivity index (χ1n) is 9.04. The van der Waals surface area contributed by atoms with Crippen LogP contribution in [0, 0.1) is 13.8 Å². The second-order valence-corrected chi connectivity index (χ2v) is 6.85. The number of alkyl halides is 3. The Balaban J connectivity index is 1.35. The number of hydrogen-bond donors (Lipinski definition) is 0. The minimum atomic E-state index is -4.62. The van der Waals surface area contributed by atoms with E-state index in [-0.39, 0.29) is 12.4 Å². The number of aryl methyl sites for hydroxylation is 2. The highest BCUT2D eigenvalue weighted by molar-refractivity contribution is 5.40. The van der Waals surface area contributed by atoms with E-state index in [1.54, 1.807) is 4.68 Å². The molecule has 0 spiro atoms. The quantitative estimate of drug-likeness (QED) is 0.648. The van der Waals surface area contributed by atoms with Crippen LogP contribution in [-0.4, -0.2) is 61.3 Å². The Kier molecular flexibility index (Phi) is 4.94. The molecular weight excluding hydrogens is 389 g/mol. The summed E-state index contributed by atoms with van der Waals surface area (Å²) < 4.78 is 44.1. The molecule has 3 aromatic heterocycles. The average molecular weight is 408 g/mol. The third kappa shape index (κ3) is 4.21. The molecular formula is C17H19F3N8O. The zero-order valence-electron chi connectivity index (χ0n) is 15.9. The number of halogens is 3. The van der Waals surface area contributed by atoms with E-state index in [2.05, 4.69) is 30.4 Å². The summed E-state index contributed by atoms with van der Waals surface area (Å²) in [6.45, 7) is 6.63. The van der Waals surface area contributed by atoms with Gasteiger partial charge >= 0.3 is 12.1 Å². The Morgan fingerprint density at radius 2 is 1.66 bits per heavy atom. The molecule has 1 aliphatic rings. The van der Waals surface area contributed by atoms with Crippen LogP contribution in [0.5, 0.6) is 0 Å². The third-order valence-electron chi connectivity index (χ3n) is 4.63. The molecule has 1 saturated heterocycles. The van der Waals surface area contributed by atoms with Crippen LogP contribution in [-0.2, 0) is 12.7 Å². The predicted molar refractivity (Wildman–Crippen MR) is 95.4 cm³/mol. The zero-order valence-corrected chi connectivity index (χ0v) is 15.9. The third-order valence-corrected chi connectivity index (χ3v) is 4.63. The Morgan fingerprint density at radius 3 is 2.21 bits per heavy atom. The van der Waals surface area contributed by atoms with E-state index in [9.17, 15) is 13.2 Å². The normalized spacial score (nSPS) is 15.8. The molecule has 0 saturated carbocycles. The van der Waals surface area contributed by atoms with Crippen LogP contribution in [0.4, 0.5) is 19.0 Å². The van der Waals surface area contributed by atoms with Gasteiger partial charge in [0, 0.05) is 31.9 Å². The fourth-order valence-corrected chi connectivity index (χ4v) is 3.22. The lowest BCUT2D eigenvalue weighted by atomic mass is 10.3. The SMILES string of the molecule is Cc1cc(C)n(-c2ccc(N3CCN(Cc4nnc(C(F)(F)F)o4)CC3)nn2)n1. The monoisotopic (exact) mass is 408 g/mol. The van der Waals surface area contributed by atoms with Crippen LogP contribution in [0.15, 0.2) is 22.6 Å². The van der Waals surface area contributed by atoms with Gasteiger partial charge in [0.25, 0.3) is 0 Å². The van der Waals surface area contributed by atoms with Crippen molar-refractivity contribution in [1.29, 1.82) is 0 Å². The molecule has 4 rings (SSSR count). The van der Waals surface area contributed by atoms with Crippen molar-refractivity contribution in [3.8, 4) is 5.82 Å². The summed E-state index contributed by atoms with van der Waals surface area (Å²) in [4.78, 5) is 4.03. The van der Waals surface area contributed by atoms with E-state index < -0.39 is 12.1 Å². The van der Waals surface area contributed by atoms with Gasteiger partial charge in [-0.1, -0.05) is 0 Å². The summed E-state index contributed by atoms with van der Waals surface area (Å²) >= 11 is 0. The van der Waals surface area contributed by atoms with Crippen molar-refractivity contribution in [3.63, 3.8) is 0 Å². The molecule has 1 fully saturated rings. The van der Waals surface area contributed by atoms with Crippen molar-refractivity contribution >= 4 is 5.82 Å². The molecule has 4 heterocycles. The lowest BCUT2D eigenvalue weighted by Crippen LogP contribution is -2.46. The summed E-state index contributed by atoms with van der Waals surface area (Å²) in [5.41, 5.74) is 1.89. The average Bonchev–Trinajstić information content (AvgIpc) is 3.28. The molecule has 3 aromatic rings. The molecule has 154 valence electrons. The van der Waals surface area contributed by atoms with Gasteiger partial charge in [-0.05, 0) is 32.0 Å². The topological polar surface area (TPSA) is 89.0 Å². The summed E-state index contributed by atoms with van der Waals surface area (Å²) in [5.74, 6) is 0.0332. The van der Waals surface area contributed by atoms with Gasteiger partial charge in [0.15, 0.2) is 11.6 Å². The first kappa shape index (κ1) is 19.3. The highest BCUT2D eigenvalue weighted by Gasteiger charge is 2.38. The second kappa shape index (κ2) is 7.43. The summed E-state index contributed by atoms with van der Waals surface area (Å²) in [6.07, 6.45) is -4.62. The first-order chi connectivity index (χ1) is 13.8. The second-order valence-electron chi connectivity index (χ2n) is 6.85. The van der Waals surface area contributed by atoms with Gasteiger partial charge < -0.3 is 9.32 Å². The van der Waals surface area contributed by atoms with E-state index in [0.717, 1.165) is 17.2 Å². The molecule has 1 aliphatic heterocycles. The molecule has 0 unspecified atom stereocenters. The maximum absolute atomic E-state index is 12.5. The molecule has 0 aliphatic carbocycles. The molecule has 0 bridgehead atoms. The Labute approximate surface area is 164 Å². The van der Waals surface area contributed by atoms with Crippen molar-refractivity contribution < 1.29 is 17.6 Å². The lowest BCUT2D eigenvalue weighted by molar-refractivity contribution is -0.157. The molecule has 9 nitrogen and oxygen atoms in total. The van der Waals surface area contributed by atoms with E-state index in [1.807, 2.05) is 36.9 Å². The summed E-state index contributed by atoms with van der Waals surface area (Å²) in [6, 6.07) is 5.73. The van der Waals surface area contributed by atoms with Crippen LogP contribution < -0.4 is 4.90 Å². The van der Waals surface area contributed by atoms with Crippen molar-refractivity contribution in [1.82, 2.24) is 35.1 Å². The number of aromatic nitrogens is 6. The number of anilines is 1. The van der Waals surface area contributed by atoms with Crippen molar-refractivity contribution in [3.05, 3.63) is 41.4 Å². The highest BCUT2D eigenvalue weighted by atomic mass is 19.4. The predicted octanol–water partition coefficient (Wildman–Crippen LogP) is 2.00. The van der Waals surface area contributed by atoms with Gasteiger partial charge in [0.05, 0.1) is 12.2 Å². The minimum absolute atomic E-state index is 0.0418. The molecule has 0 radical (unpaired) electrons. The van der Waals surface area contributed by atoms with Crippen LogP contribution in [0.3, 0.4) is 0 Å². The van der Waals surface area contributed by atoms with Gasteiger partial charge in [-0.3, -0.25) is 4.90 Å². The zero-order chi connectivity index (χ0) is 20.6. The van der Waals surface area contributed by atoms with E-state index >= 15 is 0 Å². The smallest absolute Gasteiger partial charge is 0.416 e. The number of piperazine rings is 1. The van der Waals surface area contributed by atoms with Crippen molar-refractivity contribution in [2.45, 2.75) is 26.6 Å². The minimum Gasteiger partial charge on any atom is -0.416 e. The molecule has 0 N–H and O–H groups in total. The standard InChI is InChI=1S/C17H19F3N8O/c1-11-9-12(2)28(25-11)14-4-3-13(21-22-14)27-7-5-26(6-8-27)10-15-23-24-16(29-15)17(18,19)20/h3-4,9H,5-8,10H2,1-2H3. The Bertz CT molecular complexity index is 973. The van der Waals surface area contributed by atoms with E-state index in [4.69, 9.17) is 4.42 Å². The van der Waals surface area contributed by atoms with Crippen LogP contribution in [0.25, 0.3) is 5.82 Å². The maximum atomic E-state index is 12.5. The van der Waals surface area contributed by atoms with Crippen molar-refractivity contribution in [2.75, 3.05) is 31.1 Å². The first-order valence-corrected chi connectivity index (χ1v) is 9.04. The van der Waals surface area contributed by atoms with Crippen LogP contribution >= 0.6 is 0 Å². The number of rotatable bonds is 4. The molecule has 0 aromatic carbocycles. The van der Waals surface area contributed by atoms with Gasteiger partial charge in [0.2, 0.25) is 5.89 Å². The van der Waals surface area contributed by atoms with Crippen molar-refractivity contribution in [2.24, 2.45) is 0 Å². The number of nitrogens with zero attached hydrogens (tertiary/aromatic N) is 8. The van der Waals surface area contributed by atoms with Gasteiger partial charge in [0.1, 0.15) is 0 Å². The summed E-state index contributed by atoms with van der Waals surface area (Å²) in [5, 5.41) is 19.5. The summed E-state index contributed by atoms with van der Waals surface area (Å²) in [7, 11) is 0.